The van der Waals surface area contributed by atoms with E-state index >= 15 is 0 Å². The second kappa shape index (κ2) is 4.12. The molecule has 0 bridgehead atoms. The summed E-state index contributed by atoms with van der Waals surface area (Å²) in [5.74, 6) is -0.149. The van der Waals surface area contributed by atoms with Crippen LogP contribution in [-0.4, -0.2) is 34.6 Å². The van der Waals surface area contributed by atoms with Gasteiger partial charge in [0.2, 0.25) is 0 Å². The minimum Gasteiger partial charge on any atom is -0.395 e. The number of nitrogens with zero attached hydrogens (tertiary/aromatic N) is 3. The van der Waals surface area contributed by atoms with E-state index in [1.165, 1.54) is 4.68 Å². The second-order valence-corrected chi connectivity index (χ2v) is 3.26. The van der Waals surface area contributed by atoms with Crippen LogP contribution in [0.4, 0.5) is 0 Å². The lowest BCUT2D eigenvalue weighted by molar-refractivity contribution is 0.0950. The van der Waals surface area contributed by atoms with Gasteiger partial charge < -0.3 is 10.2 Å². The van der Waals surface area contributed by atoms with Gasteiger partial charge in [-0.3, -0.25) is 9.48 Å². The highest BCUT2D eigenvalue weighted by Crippen LogP contribution is 2.00. The van der Waals surface area contributed by atoms with Crippen LogP contribution in [-0.2, 0) is 11.9 Å². The van der Waals surface area contributed by atoms with Crippen molar-refractivity contribution < 1.29 is 9.63 Å². The van der Waals surface area contributed by atoms with Gasteiger partial charge in [-0.2, -0.15) is 5.10 Å². The highest BCUT2D eigenvalue weighted by atomic mass is 16.6. The number of amides is 1. The van der Waals surface area contributed by atoms with E-state index in [9.17, 15) is 4.79 Å². The van der Waals surface area contributed by atoms with E-state index in [0.29, 0.717) is 18.8 Å². The smallest absolute Gasteiger partial charge is 0.269 e. The first-order valence-electron chi connectivity index (χ1n) is 4.71. The van der Waals surface area contributed by atoms with Crippen LogP contribution >= 0.6 is 0 Å². The summed E-state index contributed by atoms with van der Waals surface area (Å²) in [6.07, 6.45) is 2.37. The van der Waals surface area contributed by atoms with Crippen LogP contribution in [0.1, 0.15) is 16.9 Å². The monoisotopic (exact) mass is 208 g/mol. The molecular formula is C9H12N4O2. The van der Waals surface area contributed by atoms with Crippen molar-refractivity contribution in [3.8, 4) is 0 Å². The Hall–Kier alpha value is -1.85. The van der Waals surface area contributed by atoms with Crippen molar-refractivity contribution in [2.75, 3.05) is 13.2 Å². The predicted molar refractivity (Wildman–Crippen MR) is 53.5 cm³/mol. The van der Waals surface area contributed by atoms with E-state index in [0.717, 1.165) is 12.1 Å². The molecule has 1 N–H and O–H groups in total. The minimum atomic E-state index is -0.149. The van der Waals surface area contributed by atoms with Gasteiger partial charge in [0.05, 0.1) is 12.3 Å². The summed E-state index contributed by atoms with van der Waals surface area (Å²) in [5, 5.41) is 10.5. The van der Waals surface area contributed by atoms with Crippen molar-refractivity contribution >= 4 is 11.6 Å². The van der Waals surface area contributed by atoms with Crippen LogP contribution in [0.25, 0.3) is 0 Å². The van der Waals surface area contributed by atoms with Crippen molar-refractivity contribution in [3.05, 3.63) is 18.0 Å². The van der Waals surface area contributed by atoms with Crippen LogP contribution in [0.2, 0.25) is 0 Å². The van der Waals surface area contributed by atoms with Crippen LogP contribution in [0.15, 0.2) is 17.4 Å². The molecule has 0 aromatic carbocycles. The first-order valence-corrected chi connectivity index (χ1v) is 4.71. The number of oxime groups is 1. The maximum absolute atomic E-state index is 11.6. The lowest BCUT2D eigenvalue weighted by Gasteiger charge is -2.03. The molecule has 0 radical (unpaired) electrons. The van der Waals surface area contributed by atoms with Crippen molar-refractivity contribution in [2.45, 2.75) is 6.42 Å². The van der Waals surface area contributed by atoms with Crippen molar-refractivity contribution in [1.82, 2.24) is 15.1 Å². The molecule has 1 amide bonds. The zero-order valence-electron chi connectivity index (χ0n) is 8.43. The maximum atomic E-state index is 11.6. The van der Waals surface area contributed by atoms with Crippen LogP contribution in [0.5, 0.6) is 0 Å². The highest BCUT2D eigenvalue weighted by molar-refractivity contribution is 5.96. The molecule has 1 aliphatic rings. The Kier molecular flexibility index (Phi) is 2.66. The van der Waals surface area contributed by atoms with E-state index in [2.05, 4.69) is 15.6 Å². The molecule has 0 saturated carbocycles. The first-order chi connectivity index (χ1) is 7.27. The number of nitrogens with one attached hydrogen (secondary N) is 1. The number of hydrogen-bond acceptors (Lipinski definition) is 4. The Morgan fingerprint density at radius 2 is 2.60 bits per heavy atom. The summed E-state index contributed by atoms with van der Waals surface area (Å²) >= 11 is 0. The number of aryl methyl sites for hydroxylation is 1. The normalized spacial score (nSPS) is 14.6. The Morgan fingerprint density at radius 1 is 1.73 bits per heavy atom. The van der Waals surface area contributed by atoms with Gasteiger partial charge in [0.15, 0.2) is 0 Å². The lowest BCUT2D eigenvalue weighted by Crippen LogP contribution is -2.30. The minimum absolute atomic E-state index is 0.149. The van der Waals surface area contributed by atoms with E-state index < -0.39 is 0 Å². The molecule has 1 aromatic rings. The standard InChI is InChI=1S/C9H12N4O2/c1-13-8(2-4-11-13)9(14)10-6-7-3-5-15-12-7/h2,4H,3,5-6H2,1H3,(H,10,14). The second-order valence-electron chi connectivity index (χ2n) is 3.26. The van der Waals surface area contributed by atoms with Gasteiger partial charge in [-0.1, -0.05) is 5.16 Å². The fraction of sp³-hybridized carbons (Fsp3) is 0.444. The van der Waals surface area contributed by atoms with Gasteiger partial charge in [-0.05, 0) is 6.07 Å². The van der Waals surface area contributed by atoms with Gasteiger partial charge in [-0.15, -0.1) is 0 Å². The molecule has 80 valence electrons. The quantitative estimate of drug-likeness (QED) is 0.755. The van der Waals surface area contributed by atoms with Crippen molar-refractivity contribution in [2.24, 2.45) is 12.2 Å². The van der Waals surface area contributed by atoms with E-state index in [1.54, 1.807) is 19.3 Å². The molecule has 0 aliphatic carbocycles. The Bertz CT molecular complexity index is 397. The third-order valence-corrected chi connectivity index (χ3v) is 2.18. The summed E-state index contributed by atoms with van der Waals surface area (Å²) < 4.78 is 1.53. The van der Waals surface area contributed by atoms with Crippen LogP contribution in [0, 0.1) is 0 Å². The lowest BCUT2D eigenvalue weighted by atomic mass is 10.3. The van der Waals surface area contributed by atoms with Crippen LogP contribution in [0.3, 0.4) is 0 Å². The molecule has 6 heteroatoms. The topological polar surface area (TPSA) is 68.5 Å². The van der Waals surface area contributed by atoms with E-state index in [-0.39, 0.29) is 5.91 Å². The maximum Gasteiger partial charge on any atom is 0.269 e. The number of hydrogen-bond donors (Lipinski definition) is 1. The molecule has 15 heavy (non-hydrogen) atoms. The summed E-state index contributed by atoms with van der Waals surface area (Å²) in [4.78, 5) is 16.4. The molecule has 0 saturated heterocycles. The summed E-state index contributed by atoms with van der Waals surface area (Å²) in [5.41, 5.74) is 1.40. The molecule has 0 unspecified atom stereocenters. The van der Waals surface area contributed by atoms with Gasteiger partial charge in [0.1, 0.15) is 12.3 Å². The van der Waals surface area contributed by atoms with Crippen molar-refractivity contribution in [3.63, 3.8) is 0 Å². The predicted octanol–water partition coefficient (Wildman–Crippen LogP) is -0.0738. The van der Waals surface area contributed by atoms with Crippen molar-refractivity contribution in [1.29, 1.82) is 0 Å². The Balaban J connectivity index is 1.90. The molecule has 2 rings (SSSR count). The molecule has 0 spiro atoms. The molecule has 0 fully saturated rings. The largest absolute Gasteiger partial charge is 0.395 e. The van der Waals surface area contributed by atoms with Gasteiger partial charge >= 0.3 is 0 Å². The molecular weight excluding hydrogens is 196 g/mol. The van der Waals surface area contributed by atoms with Gasteiger partial charge in [0, 0.05) is 19.7 Å². The summed E-state index contributed by atoms with van der Waals surface area (Å²) in [6, 6.07) is 1.67. The van der Waals surface area contributed by atoms with Gasteiger partial charge in [0.25, 0.3) is 5.91 Å². The molecule has 2 heterocycles. The molecule has 0 atom stereocenters. The average molecular weight is 208 g/mol. The summed E-state index contributed by atoms with van der Waals surface area (Å²) in [7, 11) is 1.73. The fourth-order valence-corrected chi connectivity index (χ4v) is 1.34. The number of carbonyl (C=O) groups excluding carboxylic acids is 1. The number of aromatic nitrogens is 2. The number of carbonyl (C=O) groups is 1. The molecule has 1 aliphatic heterocycles. The van der Waals surface area contributed by atoms with E-state index in [1.807, 2.05) is 0 Å². The molecule has 1 aromatic heterocycles. The zero-order valence-corrected chi connectivity index (χ0v) is 8.43. The average Bonchev–Trinajstić information content (AvgIpc) is 2.84. The van der Waals surface area contributed by atoms with Gasteiger partial charge in [-0.25, -0.2) is 0 Å². The van der Waals surface area contributed by atoms with Crippen LogP contribution < -0.4 is 5.32 Å². The Morgan fingerprint density at radius 3 is 3.20 bits per heavy atom. The third kappa shape index (κ3) is 2.15. The highest BCUT2D eigenvalue weighted by Gasteiger charge is 2.12. The molecule has 6 nitrogen and oxygen atoms in total. The number of rotatable bonds is 3. The summed E-state index contributed by atoms with van der Waals surface area (Å²) in [6.45, 7) is 1.04. The Labute approximate surface area is 86.9 Å². The third-order valence-electron chi connectivity index (χ3n) is 2.18. The fourth-order valence-electron chi connectivity index (χ4n) is 1.34. The zero-order chi connectivity index (χ0) is 10.7. The first kappa shape index (κ1) is 9.70. The SMILES string of the molecule is Cn1nccc1C(=O)NCC1=NOCC1. The van der Waals surface area contributed by atoms with E-state index in [4.69, 9.17) is 4.84 Å².